The van der Waals surface area contributed by atoms with Crippen LogP contribution >= 0.6 is 12.4 Å². The summed E-state index contributed by atoms with van der Waals surface area (Å²) in [5, 5.41) is 10.6. The summed E-state index contributed by atoms with van der Waals surface area (Å²) in [5.74, 6) is 0.350. The lowest BCUT2D eigenvalue weighted by molar-refractivity contribution is -0.384. The quantitative estimate of drug-likeness (QED) is 0.422. The van der Waals surface area contributed by atoms with E-state index in [9.17, 15) is 14.9 Å². The van der Waals surface area contributed by atoms with Crippen molar-refractivity contribution in [3.05, 3.63) is 34.4 Å². The van der Waals surface area contributed by atoms with Gasteiger partial charge in [-0.15, -0.1) is 12.4 Å². The summed E-state index contributed by atoms with van der Waals surface area (Å²) in [6.45, 7) is 2.51. The van der Waals surface area contributed by atoms with E-state index in [-0.39, 0.29) is 36.7 Å². The molecule has 0 aromatic heterocycles. The van der Waals surface area contributed by atoms with E-state index in [1.165, 1.54) is 24.3 Å². The third-order valence-corrected chi connectivity index (χ3v) is 3.91. The number of hydrogen-bond acceptors (Lipinski definition) is 6. The molecule has 1 aliphatic heterocycles. The molecule has 1 amide bonds. The zero-order valence-electron chi connectivity index (χ0n) is 14.0. The number of non-ortho nitro benzene ring substituents is 1. The average Bonchev–Trinajstić information content (AvgIpc) is 2.61. The van der Waals surface area contributed by atoms with Gasteiger partial charge in [-0.2, -0.15) is 0 Å². The highest BCUT2D eigenvalue weighted by molar-refractivity contribution is 5.85. The van der Waals surface area contributed by atoms with Crippen LogP contribution in [0.4, 0.5) is 5.69 Å². The number of nitro benzene ring substituents is 1. The molecule has 0 radical (unpaired) electrons. The fourth-order valence-electron chi connectivity index (χ4n) is 2.51. The van der Waals surface area contributed by atoms with Gasteiger partial charge in [-0.05, 0) is 37.9 Å². The van der Waals surface area contributed by atoms with Crippen molar-refractivity contribution in [1.29, 1.82) is 0 Å². The Kier molecular flexibility index (Phi) is 9.18. The molecular weight excluding hydrogens is 350 g/mol. The topological polar surface area (TPSA) is 108 Å². The molecule has 0 bridgehead atoms. The Labute approximate surface area is 152 Å². The van der Waals surface area contributed by atoms with Crippen LogP contribution in [0.25, 0.3) is 0 Å². The minimum absolute atomic E-state index is 0. The molecule has 0 atom stereocenters. The monoisotopic (exact) mass is 373 g/mol. The van der Waals surface area contributed by atoms with Gasteiger partial charge in [0.05, 0.1) is 11.0 Å². The van der Waals surface area contributed by atoms with E-state index >= 15 is 0 Å². The fraction of sp³-hybridized carbons (Fsp3) is 0.562. The van der Waals surface area contributed by atoms with E-state index in [2.05, 4.69) is 0 Å². The van der Waals surface area contributed by atoms with Crippen LogP contribution < -0.4 is 10.5 Å². The molecular formula is C16H24ClN3O5. The Hall–Kier alpha value is -1.90. The number of nitro groups is 1. The predicted molar refractivity (Wildman–Crippen MR) is 95.1 cm³/mol. The number of nitrogens with two attached hydrogens (primary N) is 1. The second-order valence-electron chi connectivity index (χ2n) is 5.63. The van der Waals surface area contributed by atoms with Crippen LogP contribution in [0, 0.1) is 10.1 Å². The Bertz CT molecular complexity index is 547. The number of rotatable bonds is 8. The molecule has 1 aromatic rings. The predicted octanol–water partition coefficient (Wildman–Crippen LogP) is 1.75. The molecule has 1 heterocycles. The van der Waals surface area contributed by atoms with E-state index < -0.39 is 4.92 Å². The van der Waals surface area contributed by atoms with Crippen LogP contribution in [-0.4, -0.2) is 54.7 Å². The summed E-state index contributed by atoms with van der Waals surface area (Å²) >= 11 is 0. The number of ether oxygens (including phenoxy) is 2. The van der Waals surface area contributed by atoms with Crippen molar-refractivity contribution in [2.45, 2.75) is 25.4 Å². The van der Waals surface area contributed by atoms with Gasteiger partial charge in [0.1, 0.15) is 5.75 Å². The van der Waals surface area contributed by atoms with Crippen molar-refractivity contribution in [3.63, 3.8) is 0 Å². The Morgan fingerprint density at radius 3 is 2.48 bits per heavy atom. The molecule has 25 heavy (non-hydrogen) atoms. The van der Waals surface area contributed by atoms with Crippen molar-refractivity contribution in [2.75, 3.05) is 32.8 Å². The van der Waals surface area contributed by atoms with Crippen molar-refractivity contribution < 1.29 is 19.2 Å². The van der Waals surface area contributed by atoms with Gasteiger partial charge in [0, 0.05) is 31.8 Å². The number of carbonyl (C=O) groups is 1. The van der Waals surface area contributed by atoms with Crippen LogP contribution in [-0.2, 0) is 9.53 Å². The first-order chi connectivity index (χ1) is 11.6. The maximum absolute atomic E-state index is 12.1. The van der Waals surface area contributed by atoms with Gasteiger partial charge in [-0.3, -0.25) is 14.9 Å². The van der Waals surface area contributed by atoms with Crippen LogP contribution in [0.5, 0.6) is 5.75 Å². The van der Waals surface area contributed by atoms with Gasteiger partial charge in [0.25, 0.3) is 11.6 Å². The summed E-state index contributed by atoms with van der Waals surface area (Å²) in [5.41, 5.74) is 5.42. The number of benzene rings is 1. The molecule has 9 heteroatoms. The van der Waals surface area contributed by atoms with Crippen LogP contribution in [0.1, 0.15) is 19.3 Å². The molecule has 1 fully saturated rings. The number of halogens is 1. The molecule has 2 N–H and O–H groups in total. The van der Waals surface area contributed by atoms with E-state index in [0.717, 1.165) is 19.3 Å². The number of nitrogens with zero attached hydrogens (tertiary/aromatic N) is 2. The molecule has 0 spiro atoms. The smallest absolute Gasteiger partial charge is 0.269 e. The first-order valence-electron chi connectivity index (χ1n) is 8.07. The lowest BCUT2D eigenvalue weighted by Crippen LogP contribution is -2.43. The second kappa shape index (κ2) is 10.9. The van der Waals surface area contributed by atoms with Crippen molar-refractivity contribution in [2.24, 2.45) is 5.73 Å². The maximum Gasteiger partial charge on any atom is 0.269 e. The molecule has 1 saturated heterocycles. The number of likely N-dealkylation sites (tertiary alicyclic amines) is 1. The van der Waals surface area contributed by atoms with E-state index in [4.69, 9.17) is 15.2 Å². The van der Waals surface area contributed by atoms with Gasteiger partial charge in [0.15, 0.2) is 6.61 Å². The Balaban J connectivity index is 0.00000312. The van der Waals surface area contributed by atoms with Gasteiger partial charge in [0.2, 0.25) is 0 Å². The highest BCUT2D eigenvalue weighted by Crippen LogP contribution is 2.18. The van der Waals surface area contributed by atoms with Crippen molar-refractivity contribution >= 4 is 24.0 Å². The van der Waals surface area contributed by atoms with Crippen molar-refractivity contribution in [1.82, 2.24) is 4.90 Å². The van der Waals surface area contributed by atoms with Crippen LogP contribution in [0.3, 0.4) is 0 Å². The molecule has 0 unspecified atom stereocenters. The van der Waals surface area contributed by atoms with E-state index in [1.54, 1.807) is 4.90 Å². The van der Waals surface area contributed by atoms with Gasteiger partial charge >= 0.3 is 0 Å². The van der Waals surface area contributed by atoms with Gasteiger partial charge < -0.3 is 20.1 Å². The fourth-order valence-corrected chi connectivity index (χ4v) is 2.51. The second-order valence-corrected chi connectivity index (χ2v) is 5.63. The largest absolute Gasteiger partial charge is 0.484 e. The number of amides is 1. The van der Waals surface area contributed by atoms with Gasteiger partial charge in [-0.25, -0.2) is 0 Å². The summed E-state index contributed by atoms with van der Waals surface area (Å²) < 4.78 is 11.1. The third kappa shape index (κ3) is 6.85. The minimum Gasteiger partial charge on any atom is -0.484 e. The first-order valence-corrected chi connectivity index (χ1v) is 8.07. The molecule has 8 nitrogen and oxygen atoms in total. The molecule has 2 rings (SSSR count). The van der Waals surface area contributed by atoms with Crippen LogP contribution in [0.15, 0.2) is 24.3 Å². The standard InChI is InChI=1S/C16H23N3O5.ClH/c17-8-1-11-23-15-6-9-18(10-7-15)16(20)12-24-14-4-2-13(3-5-14)19(21)22;/h2-5,15H,1,6-12,17H2;1H. The molecule has 1 aromatic carbocycles. The third-order valence-electron chi connectivity index (χ3n) is 3.91. The molecule has 1 aliphatic rings. The minimum atomic E-state index is -0.477. The summed E-state index contributed by atoms with van der Waals surface area (Å²) in [4.78, 5) is 24.0. The normalized spacial score (nSPS) is 14.7. The van der Waals surface area contributed by atoms with Gasteiger partial charge in [-0.1, -0.05) is 0 Å². The highest BCUT2D eigenvalue weighted by Gasteiger charge is 2.23. The lowest BCUT2D eigenvalue weighted by Gasteiger charge is -2.31. The molecule has 0 aliphatic carbocycles. The SMILES string of the molecule is Cl.NCCCOC1CCN(C(=O)COc2ccc([N+](=O)[O-])cc2)CC1. The molecule has 0 saturated carbocycles. The number of carbonyl (C=O) groups excluding carboxylic acids is 1. The van der Waals surface area contributed by atoms with E-state index in [0.29, 0.717) is 32.0 Å². The molecule has 140 valence electrons. The zero-order valence-corrected chi connectivity index (χ0v) is 14.8. The van der Waals surface area contributed by atoms with Crippen LogP contribution in [0.2, 0.25) is 0 Å². The maximum atomic E-state index is 12.1. The summed E-state index contributed by atoms with van der Waals surface area (Å²) in [7, 11) is 0. The zero-order chi connectivity index (χ0) is 17.4. The lowest BCUT2D eigenvalue weighted by atomic mass is 10.1. The van der Waals surface area contributed by atoms with E-state index in [1.807, 2.05) is 0 Å². The number of piperidine rings is 1. The summed E-state index contributed by atoms with van der Waals surface area (Å²) in [6.07, 6.45) is 2.67. The first kappa shape index (κ1) is 21.1. The van der Waals surface area contributed by atoms with Crippen molar-refractivity contribution in [3.8, 4) is 5.75 Å². The number of hydrogen-bond donors (Lipinski definition) is 1. The Morgan fingerprint density at radius 2 is 1.92 bits per heavy atom. The highest BCUT2D eigenvalue weighted by atomic mass is 35.5. The summed E-state index contributed by atoms with van der Waals surface area (Å²) in [6, 6.07) is 5.68. The average molecular weight is 374 g/mol. The Morgan fingerprint density at radius 1 is 1.28 bits per heavy atom.